The summed E-state index contributed by atoms with van der Waals surface area (Å²) in [5.74, 6) is -0.434. The highest BCUT2D eigenvalue weighted by Gasteiger charge is 2.21. The average molecular weight is 457 g/mol. The van der Waals surface area contributed by atoms with E-state index >= 15 is 0 Å². The molecule has 3 aromatic carbocycles. The van der Waals surface area contributed by atoms with E-state index in [0.717, 1.165) is 22.0 Å². The van der Waals surface area contributed by atoms with Gasteiger partial charge in [-0.25, -0.2) is 4.98 Å². The standard InChI is InChI=1S/C26H21ClN4O2/c27-22-10-4-1-7-17(22)20(21-13-28-23-11-5-2-8-18(21)23)14-29-25(32)15-31-16-30-24-12-6-3-9-19(24)26(31)33/h1-13,16,20,28H,14-15H2,(H,29,32)/t20-/m1/s1. The van der Waals surface area contributed by atoms with Crippen molar-refractivity contribution in [2.45, 2.75) is 12.5 Å². The number of nitrogens with zero attached hydrogens (tertiary/aromatic N) is 2. The van der Waals surface area contributed by atoms with Gasteiger partial charge in [-0.1, -0.05) is 60.1 Å². The van der Waals surface area contributed by atoms with Gasteiger partial charge in [0, 0.05) is 34.6 Å². The Hall–Kier alpha value is -3.90. The normalized spacial score (nSPS) is 12.2. The predicted octanol–water partition coefficient (Wildman–Crippen LogP) is 4.48. The number of para-hydroxylation sites is 2. The first-order chi connectivity index (χ1) is 16.1. The molecule has 6 nitrogen and oxygen atoms in total. The second kappa shape index (κ2) is 8.92. The van der Waals surface area contributed by atoms with Crippen molar-refractivity contribution in [3.05, 3.63) is 112 Å². The SMILES string of the molecule is O=C(Cn1cnc2ccccc2c1=O)NC[C@H](c1ccccc1Cl)c1c[nH]c2ccccc12. The van der Waals surface area contributed by atoms with Crippen molar-refractivity contribution in [1.82, 2.24) is 19.9 Å². The van der Waals surface area contributed by atoms with Crippen molar-refractivity contribution in [3.8, 4) is 0 Å². The molecule has 0 radical (unpaired) electrons. The van der Waals surface area contributed by atoms with Crippen molar-refractivity contribution < 1.29 is 4.79 Å². The van der Waals surface area contributed by atoms with E-state index in [1.807, 2.05) is 60.8 Å². The zero-order chi connectivity index (χ0) is 22.8. The number of H-pyrrole nitrogens is 1. The molecule has 1 amide bonds. The molecule has 5 rings (SSSR count). The van der Waals surface area contributed by atoms with Crippen LogP contribution in [0.15, 0.2) is 90.1 Å². The Bertz CT molecular complexity index is 1520. The molecule has 0 aliphatic rings. The number of aromatic nitrogens is 3. The Kier molecular flexibility index (Phi) is 5.67. The number of halogens is 1. The molecular formula is C26H21ClN4O2. The van der Waals surface area contributed by atoms with Gasteiger partial charge in [0.1, 0.15) is 6.54 Å². The number of amides is 1. The van der Waals surface area contributed by atoms with Gasteiger partial charge in [-0.2, -0.15) is 0 Å². The van der Waals surface area contributed by atoms with Crippen LogP contribution < -0.4 is 10.9 Å². The molecule has 2 N–H and O–H groups in total. The van der Waals surface area contributed by atoms with Crippen LogP contribution in [-0.4, -0.2) is 27.0 Å². The van der Waals surface area contributed by atoms with Crippen LogP contribution >= 0.6 is 11.6 Å². The van der Waals surface area contributed by atoms with E-state index in [1.165, 1.54) is 10.9 Å². The highest BCUT2D eigenvalue weighted by Crippen LogP contribution is 2.34. The van der Waals surface area contributed by atoms with Gasteiger partial charge in [0.15, 0.2) is 0 Å². The van der Waals surface area contributed by atoms with Gasteiger partial charge in [0.25, 0.3) is 5.56 Å². The lowest BCUT2D eigenvalue weighted by Gasteiger charge is -2.19. The Labute approximate surface area is 194 Å². The smallest absolute Gasteiger partial charge is 0.261 e. The largest absolute Gasteiger partial charge is 0.361 e. The van der Waals surface area contributed by atoms with Crippen LogP contribution in [0.25, 0.3) is 21.8 Å². The summed E-state index contributed by atoms with van der Waals surface area (Å²) in [4.78, 5) is 33.1. The van der Waals surface area contributed by atoms with Crippen LogP contribution in [0.3, 0.4) is 0 Å². The molecule has 2 heterocycles. The molecule has 2 aromatic heterocycles. The number of hydrogen-bond acceptors (Lipinski definition) is 3. The predicted molar refractivity (Wildman–Crippen MR) is 131 cm³/mol. The second-order valence-electron chi connectivity index (χ2n) is 7.86. The maximum atomic E-state index is 12.8. The number of nitrogens with one attached hydrogen (secondary N) is 2. The van der Waals surface area contributed by atoms with Crippen LogP contribution in [0, 0.1) is 0 Å². The number of carbonyl (C=O) groups excluding carboxylic acids is 1. The topological polar surface area (TPSA) is 79.8 Å². The lowest BCUT2D eigenvalue weighted by Crippen LogP contribution is -2.35. The van der Waals surface area contributed by atoms with E-state index in [9.17, 15) is 9.59 Å². The van der Waals surface area contributed by atoms with Crippen LogP contribution in [0.2, 0.25) is 5.02 Å². The molecule has 0 unspecified atom stereocenters. The van der Waals surface area contributed by atoms with Crippen molar-refractivity contribution in [2.75, 3.05) is 6.54 Å². The van der Waals surface area contributed by atoms with Gasteiger partial charge < -0.3 is 10.3 Å². The van der Waals surface area contributed by atoms with Crippen molar-refractivity contribution >= 4 is 39.3 Å². The van der Waals surface area contributed by atoms with Gasteiger partial charge in [0.05, 0.1) is 17.2 Å². The van der Waals surface area contributed by atoms with Gasteiger partial charge in [-0.3, -0.25) is 14.2 Å². The van der Waals surface area contributed by atoms with Crippen molar-refractivity contribution in [3.63, 3.8) is 0 Å². The van der Waals surface area contributed by atoms with Crippen LogP contribution in [-0.2, 0) is 11.3 Å². The minimum Gasteiger partial charge on any atom is -0.361 e. The minimum atomic E-state index is -0.272. The summed E-state index contributed by atoms with van der Waals surface area (Å²) >= 11 is 6.53. The van der Waals surface area contributed by atoms with Crippen LogP contribution in [0.5, 0.6) is 0 Å². The fourth-order valence-corrected chi connectivity index (χ4v) is 4.44. The molecule has 0 bridgehead atoms. The van der Waals surface area contributed by atoms with E-state index in [-0.39, 0.29) is 23.9 Å². The lowest BCUT2D eigenvalue weighted by molar-refractivity contribution is -0.121. The molecule has 7 heteroatoms. The quantitative estimate of drug-likeness (QED) is 0.395. The number of aromatic amines is 1. The molecule has 0 fully saturated rings. The maximum absolute atomic E-state index is 12.8. The van der Waals surface area contributed by atoms with Gasteiger partial charge in [-0.05, 0) is 35.4 Å². The minimum absolute atomic E-state index is 0.111. The molecule has 164 valence electrons. The molecule has 0 saturated heterocycles. The fourth-order valence-electron chi connectivity index (χ4n) is 4.17. The van der Waals surface area contributed by atoms with Gasteiger partial charge >= 0.3 is 0 Å². The lowest BCUT2D eigenvalue weighted by atomic mass is 9.90. The summed E-state index contributed by atoms with van der Waals surface area (Å²) in [5.41, 5.74) is 3.36. The van der Waals surface area contributed by atoms with E-state index < -0.39 is 0 Å². The van der Waals surface area contributed by atoms with Crippen LogP contribution in [0.1, 0.15) is 17.0 Å². The summed E-state index contributed by atoms with van der Waals surface area (Å²) in [5, 5.41) is 5.18. The molecule has 5 aromatic rings. The first-order valence-electron chi connectivity index (χ1n) is 10.6. The Balaban J connectivity index is 1.41. The molecular weight excluding hydrogens is 436 g/mol. The van der Waals surface area contributed by atoms with E-state index in [0.29, 0.717) is 22.5 Å². The number of rotatable bonds is 6. The monoisotopic (exact) mass is 456 g/mol. The Morgan fingerprint density at radius 2 is 1.70 bits per heavy atom. The average Bonchev–Trinajstić information content (AvgIpc) is 3.26. The van der Waals surface area contributed by atoms with Crippen LogP contribution in [0.4, 0.5) is 0 Å². The first-order valence-corrected chi connectivity index (χ1v) is 11.0. The molecule has 1 atom stereocenters. The third kappa shape index (κ3) is 4.13. The zero-order valence-corrected chi connectivity index (χ0v) is 18.4. The van der Waals surface area contributed by atoms with E-state index in [2.05, 4.69) is 15.3 Å². The van der Waals surface area contributed by atoms with Gasteiger partial charge in [0.2, 0.25) is 5.91 Å². The molecule has 33 heavy (non-hydrogen) atoms. The van der Waals surface area contributed by atoms with Crippen molar-refractivity contribution in [1.29, 1.82) is 0 Å². The third-order valence-corrected chi connectivity index (χ3v) is 6.17. The summed E-state index contributed by atoms with van der Waals surface area (Å²) in [6.07, 6.45) is 3.37. The van der Waals surface area contributed by atoms with Crippen molar-refractivity contribution in [2.24, 2.45) is 0 Å². The molecule has 0 aliphatic heterocycles. The fraction of sp³-hybridized carbons (Fsp3) is 0.115. The third-order valence-electron chi connectivity index (χ3n) is 5.83. The summed E-state index contributed by atoms with van der Waals surface area (Å²) in [6, 6.07) is 22.8. The van der Waals surface area contributed by atoms with E-state index in [1.54, 1.807) is 18.2 Å². The highest BCUT2D eigenvalue weighted by atomic mass is 35.5. The molecule has 0 saturated carbocycles. The summed E-state index contributed by atoms with van der Waals surface area (Å²) < 4.78 is 1.33. The summed E-state index contributed by atoms with van der Waals surface area (Å²) in [6.45, 7) is 0.222. The number of carbonyl (C=O) groups is 1. The Morgan fingerprint density at radius 1 is 0.970 bits per heavy atom. The van der Waals surface area contributed by atoms with Gasteiger partial charge in [-0.15, -0.1) is 0 Å². The Morgan fingerprint density at radius 3 is 2.55 bits per heavy atom. The van der Waals surface area contributed by atoms with E-state index in [4.69, 9.17) is 11.6 Å². The molecule has 0 spiro atoms. The molecule has 0 aliphatic carbocycles. The number of benzene rings is 3. The second-order valence-corrected chi connectivity index (χ2v) is 8.27. The number of fused-ring (bicyclic) bond motifs is 2. The highest BCUT2D eigenvalue weighted by molar-refractivity contribution is 6.31. The maximum Gasteiger partial charge on any atom is 0.261 e. The number of hydrogen-bond donors (Lipinski definition) is 2. The first kappa shape index (κ1) is 21.0. The zero-order valence-electron chi connectivity index (χ0n) is 17.7. The summed E-state index contributed by atoms with van der Waals surface area (Å²) in [7, 11) is 0.